The molecule has 1 N–H and O–H groups in total. The summed E-state index contributed by atoms with van der Waals surface area (Å²) in [5, 5.41) is 10.5. The van der Waals surface area contributed by atoms with E-state index in [0.29, 0.717) is 19.4 Å². The van der Waals surface area contributed by atoms with Crippen molar-refractivity contribution in [1.29, 1.82) is 0 Å². The summed E-state index contributed by atoms with van der Waals surface area (Å²) >= 11 is 0. The van der Waals surface area contributed by atoms with Crippen LogP contribution >= 0.6 is 0 Å². The van der Waals surface area contributed by atoms with E-state index in [1.54, 1.807) is 7.11 Å². The van der Waals surface area contributed by atoms with Crippen LogP contribution in [0.5, 0.6) is 5.75 Å². The van der Waals surface area contributed by atoms with Crippen LogP contribution in [0.15, 0.2) is 18.2 Å². The maximum Gasteiger partial charge on any atom is 0.253 e. The number of fused-ring (bicyclic) bond motifs is 3. The molecule has 2 aliphatic heterocycles. The third kappa shape index (κ3) is 3.15. The molecule has 4 rings (SSSR count). The lowest BCUT2D eigenvalue weighted by molar-refractivity contribution is -0.179. The molecule has 2 heterocycles. The number of ether oxygens (including phenoxy) is 2. The first-order chi connectivity index (χ1) is 12.0. The van der Waals surface area contributed by atoms with Crippen LogP contribution in [0.4, 0.5) is 8.78 Å². The number of hydrogen-bond donors (Lipinski definition) is 1. The highest BCUT2D eigenvalue weighted by Crippen LogP contribution is 2.44. The number of nitrogens with zero attached hydrogens (tertiary/aromatic N) is 1. The molecule has 4 nitrogen and oxygen atoms in total. The fourth-order valence-corrected chi connectivity index (χ4v) is 4.26. The van der Waals surface area contributed by atoms with Gasteiger partial charge in [-0.3, -0.25) is 4.90 Å². The van der Waals surface area contributed by atoms with Crippen molar-refractivity contribution in [2.24, 2.45) is 5.92 Å². The van der Waals surface area contributed by atoms with Crippen LogP contribution in [0.25, 0.3) is 0 Å². The first-order valence-electron chi connectivity index (χ1n) is 9.06. The molecule has 0 aromatic heterocycles. The molecular weight excluding hydrogens is 328 g/mol. The zero-order valence-corrected chi connectivity index (χ0v) is 14.5. The summed E-state index contributed by atoms with van der Waals surface area (Å²) in [5.74, 6) is -2.47. The molecule has 4 unspecified atom stereocenters. The van der Waals surface area contributed by atoms with Gasteiger partial charge in [-0.25, -0.2) is 8.78 Å². The second-order valence-corrected chi connectivity index (χ2v) is 7.50. The maximum atomic E-state index is 13.4. The standard InChI is InChI=1S/C19H25F2NO3/c1-24-14-3-2-12-5-7-22-10-18(17(23)9-16(22)15(12)8-14)25-11-13-4-6-19(13,20)21/h2-3,8,13,16-18,23H,4-7,9-11H2,1H3. The van der Waals surface area contributed by atoms with Gasteiger partial charge in [0.2, 0.25) is 0 Å². The smallest absolute Gasteiger partial charge is 0.253 e. The topological polar surface area (TPSA) is 41.9 Å². The monoisotopic (exact) mass is 353 g/mol. The molecule has 0 amide bonds. The van der Waals surface area contributed by atoms with Crippen LogP contribution in [0.3, 0.4) is 0 Å². The fraction of sp³-hybridized carbons (Fsp3) is 0.684. The number of halogens is 2. The van der Waals surface area contributed by atoms with Crippen LogP contribution in [0.2, 0.25) is 0 Å². The predicted molar refractivity (Wildman–Crippen MR) is 89.0 cm³/mol. The second-order valence-electron chi connectivity index (χ2n) is 7.50. The molecule has 0 bridgehead atoms. The molecular formula is C19H25F2NO3. The minimum Gasteiger partial charge on any atom is -0.497 e. The highest BCUT2D eigenvalue weighted by Gasteiger charge is 2.49. The summed E-state index contributed by atoms with van der Waals surface area (Å²) in [5.41, 5.74) is 2.50. The van der Waals surface area contributed by atoms with Crippen LogP contribution in [-0.4, -0.2) is 54.9 Å². The lowest BCUT2D eigenvalue weighted by Crippen LogP contribution is -2.52. The number of aliphatic hydroxyl groups is 1. The van der Waals surface area contributed by atoms with Crippen molar-refractivity contribution < 1.29 is 23.4 Å². The average molecular weight is 353 g/mol. The van der Waals surface area contributed by atoms with E-state index in [2.05, 4.69) is 17.0 Å². The number of piperidine rings is 1. The molecule has 1 aromatic carbocycles. The molecule has 1 saturated heterocycles. The Hall–Kier alpha value is -1.24. The van der Waals surface area contributed by atoms with Crippen molar-refractivity contribution in [3.63, 3.8) is 0 Å². The van der Waals surface area contributed by atoms with Crippen LogP contribution < -0.4 is 4.74 Å². The van der Waals surface area contributed by atoms with E-state index in [1.807, 2.05) is 6.07 Å². The molecule has 4 atom stereocenters. The van der Waals surface area contributed by atoms with Gasteiger partial charge in [-0.2, -0.15) is 0 Å². The van der Waals surface area contributed by atoms with E-state index in [0.717, 1.165) is 18.7 Å². The molecule has 1 aromatic rings. The first-order valence-corrected chi connectivity index (χ1v) is 9.06. The number of methoxy groups -OCH3 is 1. The van der Waals surface area contributed by atoms with Crippen LogP contribution in [0, 0.1) is 5.92 Å². The van der Waals surface area contributed by atoms with Crippen LogP contribution in [-0.2, 0) is 11.2 Å². The van der Waals surface area contributed by atoms with Gasteiger partial charge in [0.05, 0.1) is 25.9 Å². The molecule has 0 spiro atoms. The highest BCUT2D eigenvalue weighted by atomic mass is 19.3. The Morgan fingerprint density at radius 1 is 1.36 bits per heavy atom. The summed E-state index contributed by atoms with van der Waals surface area (Å²) in [4.78, 5) is 2.30. The van der Waals surface area contributed by atoms with Gasteiger partial charge >= 0.3 is 0 Å². The van der Waals surface area contributed by atoms with E-state index >= 15 is 0 Å². The Morgan fingerprint density at radius 2 is 2.20 bits per heavy atom. The molecule has 6 heteroatoms. The number of alkyl halides is 2. The molecule has 25 heavy (non-hydrogen) atoms. The molecule has 2 fully saturated rings. The lowest BCUT2D eigenvalue weighted by atomic mass is 9.81. The Morgan fingerprint density at radius 3 is 2.88 bits per heavy atom. The van der Waals surface area contributed by atoms with Gasteiger partial charge in [-0.05, 0) is 42.5 Å². The number of hydrogen-bond acceptors (Lipinski definition) is 4. The Bertz CT molecular complexity index is 639. The first kappa shape index (κ1) is 17.2. The second kappa shape index (κ2) is 6.49. The van der Waals surface area contributed by atoms with Gasteiger partial charge in [0, 0.05) is 31.5 Å². The van der Waals surface area contributed by atoms with Gasteiger partial charge < -0.3 is 14.6 Å². The van der Waals surface area contributed by atoms with E-state index in [9.17, 15) is 13.9 Å². The third-order valence-electron chi connectivity index (χ3n) is 6.06. The summed E-state index contributed by atoms with van der Waals surface area (Å²) in [6.45, 7) is 1.52. The van der Waals surface area contributed by atoms with Crippen LogP contribution in [0.1, 0.15) is 36.4 Å². The van der Waals surface area contributed by atoms with Gasteiger partial charge in [0.15, 0.2) is 0 Å². The lowest BCUT2D eigenvalue weighted by Gasteiger charge is -2.46. The van der Waals surface area contributed by atoms with E-state index < -0.39 is 17.9 Å². The predicted octanol–water partition coefficient (Wildman–Crippen LogP) is 2.79. The van der Waals surface area contributed by atoms with Gasteiger partial charge in [0.1, 0.15) is 5.75 Å². The molecule has 3 aliphatic rings. The summed E-state index contributed by atoms with van der Waals surface area (Å²) in [7, 11) is 1.65. The fourth-order valence-electron chi connectivity index (χ4n) is 4.26. The average Bonchev–Trinajstić information content (AvgIpc) is 2.61. The minimum atomic E-state index is -2.59. The molecule has 138 valence electrons. The van der Waals surface area contributed by atoms with Crippen molar-refractivity contribution in [1.82, 2.24) is 4.90 Å². The SMILES string of the molecule is COc1ccc2c(c1)C1CC(O)C(OCC3CCC3(F)F)CN1CC2. The van der Waals surface area contributed by atoms with E-state index in [4.69, 9.17) is 9.47 Å². The van der Waals surface area contributed by atoms with Gasteiger partial charge in [0.25, 0.3) is 5.92 Å². The number of aliphatic hydroxyl groups excluding tert-OH is 1. The van der Waals surface area contributed by atoms with E-state index in [-0.39, 0.29) is 25.2 Å². The Labute approximate surface area is 146 Å². The van der Waals surface area contributed by atoms with Crippen molar-refractivity contribution in [2.75, 3.05) is 26.8 Å². The van der Waals surface area contributed by atoms with Crippen molar-refractivity contribution in [3.8, 4) is 5.75 Å². The highest BCUT2D eigenvalue weighted by molar-refractivity contribution is 5.40. The molecule has 1 aliphatic carbocycles. The maximum absolute atomic E-state index is 13.4. The minimum absolute atomic E-state index is 0.0393. The quantitative estimate of drug-likeness (QED) is 0.904. The largest absolute Gasteiger partial charge is 0.497 e. The Balaban J connectivity index is 1.43. The summed E-state index contributed by atoms with van der Waals surface area (Å²) < 4.78 is 37.8. The van der Waals surface area contributed by atoms with Crippen molar-refractivity contribution in [2.45, 2.75) is 49.9 Å². The number of benzene rings is 1. The Kier molecular flexibility index (Phi) is 4.46. The summed E-state index contributed by atoms with van der Waals surface area (Å²) in [6, 6.07) is 6.26. The molecule has 1 saturated carbocycles. The normalized spacial score (nSPS) is 33.9. The van der Waals surface area contributed by atoms with E-state index in [1.165, 1.54) is 11.1 Å². The zero-order valence-electron chi connectivity index (χ0n) is 14.5. The summed E-state index contributed by atoms with van der Waals surface area (Å²) in [6.07, 6.45) is 0.952. The number of rotatable bonds is 4. The van der Waals surface area contributed by atoms with Gasteiger partial charge in [-0.1, -0.05) is 6.07 Å². The third-order valence-corrected chi connectivity index (χ3v) is 6.06. The van der Waals surface area contributed by atoms with Crippen molar-refractivity contribution >= 4 is 0 Å². The molecule has 0 radical (unpaired) electrons. The van der Waals surface area contributed by atoms with Gasteiger partial charge in [-0.15, -0.1) is 0 Å². The zero-order chi connectivity index (χ0) is 17.6. The van der Waals surface area contributed by atoms with Crippen molar-refractivity contribution in [3.05, 3.63) is 29.3 Å².